The number of nitrogens with zero attached hydrogens (tertiary/aromatic N) is 1. The molecule has 0 aliphatic carbocycles. The fourth-order valence-corrected chi connectivity index (χ4v) is 1.74. The van der Waals surface area contributed by atoms with E-state index in [1.807, 2.05) is 6.92 Å². The fraction of sp³-hybridized carbons (Fsp3) is 0.900. The molecule has 0 aromatic rings. The van der Waals surface area contributed by atoms with E-state index in [2.05, 4.69) is 32.5 Å². The lowest BCUT2D eigenvalue weighted by Crippen LogP contribution is -2.36. The molecule has 0 rings (SSSR count). The average molecular weight is 282 g/mol. The highest BCUT2D eigenvalue weighted by molar-refractivity contribution is 9.10. The molecule has 0 bridgehead atoms. The van der Waals surface area contributed by atoms with E-state index in [-0.39, 0.29) is 10.8 Å². The zero-order valence-corrected chi connectivity index (χ0v) is 11.2. The Morgan fingerprint density at radius 3 is 2.60 bits per heavy atom. The van der Waals surface area contributed by atoms with Gasteiger partial charge in [0.1, 0.15) is 4.83 Å². The molecular weight excluding hydrogens is 262 g/mol. The summed E-state index contributed by atoms with van der Waals surface area (Å²) in [4.78, 5) is 13.1. The number of hydrogen-bond donors (Lipinski definition) is 0. The van der Waals surface area contributed by atoms with Gasteiger partial charge in [-0.3, -0.25) is 9.69 Å². The third-order valence-corrected chi connectivity index (χ3v) is 2.74. The van der Waals surface area contributed by atoms with Crippen LogP contribution in [0.3, 0.4) is 0 Å². The van der Waals surface area contributed by atoms with E-state index >= 15 is 0 Å². The van der Waals surface area contributed by atoms with Crippen LogP contribution in [0.4, 0.5) is 0 Å². The maximum absolute atomic E-state index is 11.2. The van der Waals surface area contributed by atoms with Gasteiger partial charge >= 0.3 is 5.97 Å². The summed E-state index contributed by atoms with van der Waals surface area (Å²) in [7, 11) is 1.40. The number of carbonyl (C=O) groups is 1. The Hall–Kier alpha value is -0.130. The minimum absolute atomic E-state index is 0.232. The quantitative estimate of drug-likeness (QED) is 0.382. The van der Waals surface area contributed by atoms with E-state index in [1.54, 1.807) is 0 Å². The Morgan fingerprint density at radius 1 is 1.47 bits per heavy atom. The van der Waals surface area contributed by atoms with E-state index in [1.165, 1.54) is 7.11 Å². The number of rotatable bonds is 8. The normalized spacial score (nSPS) is 12.9. The number of alkyl halides is 1. The largest absolute Gasteiger partial charge is 0.468 e. The van der Waals surface area contributed by atoms with Crippen molar-refractivity contribution in [2.75, 3.05) is 40.0 Å². The summed E-state index contributed by atoms with van der Waals surface area (Å²) >= 11 is 3.30. The predicted octanol–water partition coefficient (Wildman–Crippen LogP) is 1.28. The highest BCUT2D eigenvalue weighted by atomic mass is 79.9. The Kier molecular flexibility index (Phi) is 9.04. The van der Waals surface area contributed by atoms with E-state index in [4.69, 9.17) is 4.74 Å². The molecule has 15 heavy (non-hydrogen) atoms. The first kappa shape index (κ1) is 14.9. The molecule has 4 nitrogen and oxygen atoms in total. The molecule has 0 fully saturated rings. The van der Waals surface area contributed by atoms with E-state index < -0.39 is 0 Å². The second-order valence-corrected chi connectivity index (χ2v) is 4.19. The number of ether oxygens (including phenoxy) is 2. The Morgan fingerprint density at radius 2 is 2.13 bits per heavy atom. The molecular formula is C10H20BrNO3. The molecule has 0 aromatic carbocycles. The summed E-state index contributed by atoms with van der Waals surface area (Å²) in [6, 6.07) is 0. The Labute approximate surface area is 100 Å². The van der Waals surface area contributed by atoms with Gasteiger partial charge < -0.3 is 9.47 Å². The van der Waals surface area contributed by atoms with Gasteiger partial charge in [-0.2, -0.15) is 0 Å². The van der Waals surface area contributed by atoms with Gasteiger partial charge in [-0.15, -0.1) is 0 Å². The Balaban J connectivity index is 3.81. The molecule has 0 aromatic heterocycles. The van der Waals surface area contributed by atoms with Crippen LogP contribution in [0.2, 0.25) is 0 Å². The summed E-state index contributed by atoms with van der Waals surface area (Å²) in [6.07, 6.45) is 0. The van der Waals surface area contributed by atoms with E-state index in [0.717, 1.165) is 19.7 Å². The van der Waals surface area contributed by atoms with Crippen molar-refractivity contribution in [2.45, 2.75) is 18.7 Å². The number of likely N-dealkylation sites (N-methyl/N-ethyl adjacent to an activating group) is 1. The molecule has 5 heteroatoms. The van der Waals surface area contributed by atoms with Crippen LogP contribution in [-0.4, -0.2) is 55.7 Å². The second-order valence-electron chi connectivity index (χ2n) is 3.08. The molecule has 0 saturated carbocycles. The van der Waals surface area contributed by atoms with Crippen molar-refractivity contribution in [3.8, 4) is 0 Å². The number of methoxy groups -OCH3 is 1. The van der Waals surface area contributed by atoms with Crippen LogP contribution in [0, 0.1) is 0 Å². The van der Waals surface area contributed by atoms with Gasteiger partial charge in [-0.05, 0) is 13.5 Å². The van der Waals surface area contributed by atoms with Crippen molar-refractivity contribution < 1.29 is 14.3 Å². The molecule has 0 aliphatic rings. The van der Waals surface area contributed by atoms with Crippen molar-refractivity contribution in [3.05, 3.63) is 0 Å². The Bertz CT molecular complexity index is 178. The van der Waals surface area contributed by atoms with Crippen LogP contribution in [-0.2, 0) is 14.3 Å². The van der Waals surface area contributed by atoms with Gasteiger partial charge in [0.05, 0.1) is 13.7 Å². The zero-order chi connectivity index (χ0) is 11.7. The second kappa shape index (κ2) is 9.12. The molecule has 1 atom stereocenters. The number of halogens is 1. The number of esters is 1. The summed E-state index contributed by atoms with van der Waals surface area (Å²) in [5, 5.41) is 0. The van der Waals surface area contributed by atoms with Crippen molar-refractivity contribution >= 4 is 21.9 Å². The molecule has 0 aliphatic heterocycles. The highest BCUT2D eigenvalue weighted by Crippen LogP contribution is 2.04. The summed E-state index contributed by atoms with van der Waals surface area (Å²) < 4.78 is 9.90. The van der Waals surface area contributed by atoms with Crippen molar-refractivity contribution in [3.63, 3.8) is 0 Å². The number of carbonyl (C=O) groups excluding carboxylic acids is 1. The minimum atomic E-state index is -0.260. The van der Waals surface area contributed by atoms with Gasteiger partial charge in [0.15, 0.2) is 0 Å². The first-order valence-corrected chi connectivity index (χ1v) is 6.09. The topological polar surface area (TPSA) is 38.8 Å². The standard InChI is InChI=1S/C10H20BrNO3/c1-4-12(6-7-15-5-2)8-9(11)10(13)14-3/h9H,4-8H2,1-3H3. The monoisotopic (exact) mass is 281 g/mol. The molecule has 0 spiro atoms. The molecule has 90 valence electrons. The molecule has 0 saturated heterocycles. The lowest BCUT2D eigenvalue weighted by atomic mass is 10.3. The maximum Gasteiger partial charge on any atom is 0.320 e. The lowest BCUT2D eigenvalue weighted by Gasteiger charge is -2.21. The van der Waals surface area contributed by atoms with Gasteiger partial charge in [-0.1, -0.05) is 22.9 Å². The molecule has 0 heterocycles. The molecule has 0 amide bonds. The highest BCUT2D eigenvalue weighted by Gasteiger charge is 2.18. The van der Waals surface area contributed by atoms with Gasteiger partial charge in [0, 0.05) is 19.7 Å². The van der Waals surface area contributed by atoms with Crippen molar-refractivity contribution in [1.29, 1.82) is 0 Å². The van der Waals surface area contributed by atoms with Gasteiger partial charge in [0.2, 0.25) is 0 Å². The molecule has 1 unspecified atom stereocenters. The zero-order valence-electron chi connectivity index (χ0n) is 9.66. The van der Waals surface area contributed by atoms with Crippen LogP contribution >= 0.6 is 15.9 Å². The maximum atomic E-state index is 11.2. The summed E-state index contributed by atoms with van der Waals surface area (Å²) in [6.45, 7) is 7.84. The average Bonchev–Trinajstić information content (AvgIpc) is 2.26. The third-order valence-electron chi connectivity index (χ3n) is 2.08. The van der Waals surface area contributed by atoms with Crippen LogP contribution in [0.1, 0.15) is 13.8 Å². The predicted molar refractivity (Wildman–Crippen MR) is 63.3 cm³/mol. The van der Waals surface area contributed by atoms with Gasteiger partial charge in [0.25, 0.3) is 0 Å². The number of hydrogen-bond acceptors (Lipinski definition) is 4. The third kappa shape index (κ3) is 6.87. The first-order chi connectivity index (χ1) is 7.15. The van der Waals surface area contributed by atoms with Crippen molar-refractivity contribution in [1.82, 2.24) is 4.90 Å². The summed E-state index contributed by atoms with van der Waals surface area (Å²) in [5.74, 6) is -0.232. The van der Waals surface area contributed by atoms with Crippen molar-refractivity contribution in [2.24, 2.45) is 0 Å². The molecule has 0 N–H and O–H groups in total. The van der Waals surface area contributed by atoms with Crippen LogP contribution in [0.5, 0.6) is 0 Å². The minimum Gasteiger partial charge on any atom is -0.468 e. The molecule has 0 radical (unpaired) electrons. The van der Waals surface area contributed by atoms with Crippen LogP contribution < -0.4 is 0 Å². The van der Waals surface area contributed by atoms with E-state index in [9.17, 15) is 4.79 Å². The first-order valence-electron chi connectivity index (χ1n) is 5.17. The smallest absolute Gasteiger partial charge is 0.320 e. The van der Waals surface area contributed by atoms with Crippen LogP contribution in [0.25, 0.3) is 0 Å². The lowest BCUT2D eigenvalue weighted by molar-refractivity contribution is -0.140. The van der Waals surface area contributed by atoms with Crippen LogP contribution in [0.15, 0.2) is 0 Å². The summed E-state index contributed by atoms with van der Waals surface area (Å²) in [5.41, 5.74) is 0. The fourth-order valence-electron chi connectivity index (χ4n) is 1.15. The van der Waals surface area contributed by atoms with E-state index in [0.29, 0.717) is 13.2 Å². The SMILES string of the molecule is CCOCCN(CC)CC(Br)C(=O)OC. The van der Waals surface area contributed by atoms with Gasteiger partial charge in [-0.25, -0.2) is 0 Å².